The average molecular weight is 187 g/mol. The summed E-state index contributed by atoms with van der Waals surface area (Å²) < 4.78 is 0. The molecule has 5 heteroatoms. The van der Waals surface area contributed by atoms with Crippen molar-refractivity contribution in [1.29, 1.82) is 0 Å². The summed E-state index contributed by atoms with van der Waals surface area (Å²) in [5.41, 5.74) is 7.98. The van der Waals surface area contributed by atoms with Crippen LogP contribution >= 0.6 is 0 Å². The quantitative estimate of drug-likeness (QED) is 0.274. The topological polar surface area (TPSA) is 89.2 Å². The van der Waals surface area contributed by atoms with E-state index < -0.39 is 12.2 Å². The van der Waals surface area contributed by atoms with Crippen molar-refractivity contribution in [2.45, 2.75) is 44.8 Å². The first-order valence-corrected chi connectivity index (χ1v) is 4.59. The van der Waals surface area contributed by atoms with Gasteiger partial charge in [0.15, 0.2) is 0 Å². The summed E-state index contributed by atoms with van der Waals surface area (Å²) in [6.45, 7) is 2.02. The van der Waals surface area contributed by atoms with E-state index in [-0.39, 0.29) is 6.54 Å². The van der Waals surface area contributed by atoms with Gasteiger partial charge in [-0.3, -0.25) is 0 Å². The van der Waals surface area contributed by atoms with Gasteiger partial charge in [-0.15, -0.1) is 0 Å². The molecule has 13 heavy (non-hydrogen) atoms. The normalized spacial score (nSPS) is 14.7. The van der Waals surface area contributed by atoms with Gasteiger partial charge in [0, 0.05) is 4.91 Å². The number of hydrogen-bond donors (Lipinski definition) is 2. The summed E-state index contributed by atoms with van der Waals surface area (Å²) in [7, 11) is 0. The SMILES string of the molecule is CCCCCC(O)C(O)CN=[N+]=[N-]. The molecule has 0 aliphatic rings. The molecule has 0 rings (SSSR count). The van der Waals surface area contributed by atoms with Crippen LogP contribution in [0.3, 0.4) is 0 Å². The van der Waals surface area contributed by atoms with Crippen LogP contribution < -0.4 is 0 Å². The van der Waals surface area contributed by atoms with E-state index in [2.05, 4.69) is 16.9 Å². The molecule has 0 aromatic carbocycles. The summed E-state index contributed by atoms with van der Waals surface area (Å²) in [5, 5.41) is 21.8. The Morgan fingerprint density at radius 1 is 1.31 bits per heavy atom. The van der Waals surface area contributed by atoms with Gasteiger partial charge in [0.05, 0.1) is 18.8 Å². The fraction of sp³-hybridized carbons (Fsp3) is 1.00. The van der Waals surface area contributed by atoms with Crippen molar-refractivity contribution in [3.05, 3.63) is 10.4 Å². The Morgan fingerprint density at radius 3 is 2.54 bits per heavy atom. The van der Waals surface area contributed by atoms with E-state index in [0.717, 1.165) is 19.3 Å². The van der Waals surface area contributed by atoms with Gasteiger partial charge in [-0.2, -0.15) is 0 Å². The third kappa shape index (κ3) is 6.40. The van der Waals surface area contributed by atoms with E-state index in [9.17, 15) is 10.2 Å². The average Bonchev–Trinajstić information content (AvgIpc) is 2.14. The highest BCUT2D eigenvalue weighted by atomic mass is 16.3. The minimum absolute atomic E-state index is 0.0518. The second kappa shape index (κ2) is 7.86. The number of hydrogen-bond acceptors (Lipinski definition) is 3. The monoisotopic (exact) mass is 187 g/mol. The van der Waals surface area contributed by atoms with Crippen LogP contribution in [0, 0.1) is 0 Å². The van der Waals surface area contributed by atoms with Crippen molar-refractivity contribution in [2.75, 3.05) is 6.54 Å². The standard InChI is InChI=1S/C8H17N3O2/c1-2-3-4-5-7(12)8(13)6-10-11-9/h7-8,12-13H,2-6H2,1H3. The molecule has 0 heterocycles. The molecule has 0 fully saturated rings. The van der Waals surface area contributed by atoms with E-state index in [1.165, 1.54) is 0 Å². The highest BCUT2D eigenvalue weighted by Crippen LogP contribution is 2.06. The van der Waals surface area contributed by atoms with Crippen LogP contribution in [-0.2, 0) is 0 Å². The van der Waals surface area contributed by atoms with Gasteiger partial charge >= 0.3 is 0 Å². The molecule has 0 aliphatic heterocycles. The maximum absolute atomic E-state index is 9.34. The first-order valence-electron chi connectivity index (χ1n) is 4.59. The van der Waals surface area contributed by atoms with Gasteiger partial charge in [0.1, 0.15) is 0 Å². The van der Waals surface area contributed by atoms with Crippen LogP contribution in [0.1, 0.15) is 32.6 Å². The first-order chi connectivity index (χ1) is 6.22. The predicted molar refractivity (Wildman–Crippen MR) is 50.2 cm³/mol. The molecule has 0 saturated carbocycles. The summed E-state index contributed by atoms with van der Waals surface area (Å²) in [5.74, 6) is 0. The Balaban J connectivity index is 3.55. The zero-order chi connectivity index (χ0) is 10.1. The fourth-order valence-electron chi connectivity index (χ4n) is 1.04. The molecule has 0 spiro atoms. The second-order valence-corrected chi connectivity index (χ2v) is 3.04. The lowest BCUT2D eigenvalue weighted by atomic mass is 10.1. The maximum Gasteiger partial charge on any atom is 0.0855 e. The van der Waals surface area contributed by atoms with E-state index >= 15 is 0 Å². The third-order valence-electron chi connectivity index (χ3n) is 1.88. The Bertz CT molecular complexity index is 169. The molecule has 76 valence electrons. The van der Waals surface area contributed by atoms with Crippen molar-refractivity contribution in [3.8, 4) is 0 Å². The van der Waals surface area contributed by atoms with Crippen molar-refractivity contribution >= 4 is 0 Å². The number of unbranched alkanes of at least 4 members (excludes halogenated alkanes) is 2. The zero-order valence-electron chi connectivity index (χ0n) is 7.93. The number of nitrogens with zero attached hydrogens (tertiary/aromatic N) is 3. The lowest BCUT2D eigenvalue weighted by Gasteiger charge is -2.14. The van der Waals surface area contributed by atoms with Crippen LogP contribution in [0.2, 0.25) is 0 Å². The highest BCUT2D eigenvalue weighted by Gasteiger charge is 2.14. The molecule has 2 N–H and O–H groups in total. The maximum atomic E-state index is 9.34. The van der Waals surface area contributed by atoms with Gasteiger partial charge in [0.25, 0.3) is 0 Å². The molecule has 0 aromatic heterocycles. The molecular weight excluding hydrogens is 170 g/mol. The van der Waals surface area contributed by atoms with Crippen LogP contribution in [0.15, 0.2) is 5.11 Å². The van der Waals surface area contributed by atoms with Crippen molar-refractivity contribution in [2.24, 2.45) is 5.11 Å². The number of rotatable bonds is 7. The number of aliphatic hydroxyl groups is 2. The highest BCUT2D eigenvalue weighted by molar-refractivity contribution is 4.69. The van der Waals surface area contributed by atoms with E-state index in [1.54, 1.807) is 0 Å². The van der Waals surface area contributed by atoms with Gasteiger partial charge in [0.2, 0.25) is 0 Å². The zero-order valence-corrected chi connectivity index (χ0v) is 7.93. The van der Waals surface area contributed by atoms with Gasteiger partial charge < -0.3 is 10.2 Å². The minimum atomic E-state index is -0.923. The predicted octanol–water partition coefficient (Wildman–Crippen LogP) is 1.60. The van der Waals surface area contributed by atoms with Gasteiger partial charge in [-0.1, -0.05) is 31.3 Å². The molecule has 0 aliphatic carbocycles. The Hall–Kier alpha value is -0.770. The van der Waals surface area contributed by atoms with E-state index in [4.69, 9.17) is 5.53 Å². The van der Waals surface area contributed by atoms with Crippen molar-refractivity contribution in [1.82, 2.24) is 0 Å². The van der Waals surface area contributed by atoms with Crippen LogP contribution in [0.5, 0.6) is 0 Å². The molecule has 0 bridgehead atoms. The molecule has 0 saturated heterocycles. The van der Waals surface area contributed by atoms with Crippen LogP contribution in [0.4, 0.5) is 0 Å². The van der Waals surface area contributed by atoms with E-state index in [0.29, 0.717) is 6.42 Å². The molecule has 5 nitrogen and oxygen atoms in total. The van der Waals surface area contributed by atoms with Gasteiger partial charge in [-0.25, -0.2) is 0 Å². The molecule has 0 amide bonds. The molecule has 0 aromatic rings. The Kier molecular flexibility index (Phi) is 7.39. The van der Waals surface area contributed by atoms with Crippen molar-refractivity contribution < 1.29 is 10.2 Å². The number of aliphatic hydroxyl groups excluding tert-OH is 2. The van der Waals surface area contributed by atoms with Crippen molar-refractivity contribution in [3.63, 3.8) is 0 Å². The summed E-state index contributed by atoms with van der Waals surface area (Å²) >= 11 is 0. The molecule has 2 unspecified atom stereocenters. The second-order valence-electron chi connectivity index (χ2n) is 3.04. The lowest BCUT2D eigenvalue weighted by Crippen LogP contribution is -2.28. The molecule has 2 atom stereocenters. The van der Waals surface area contributed by atoms with E-state index in [1.807, 2.05) is 0 Å². The Morgan fingerprint density at radius 2 is 2.00 bits per heavy atom. The summed E-state index contributed by atoms with van der Waals surface area (Å²) in [4.78, 5) is 2.51. The minimum Gasteiger partial charge on any atom is -0.390 e. The smallest absolute Gasteiger partial charge is 0.0855 e. The summed E-state index contributed by atoms with van der Waals surface area (Å²) in [6.07, 6.45) is 1.90. The third-order valence-corrected chi connectivity index (χ3v) is 1.88. The largest absolute Gasteiger partial charge is 0.390 e. The van der Waals surface area contributed by atoms with Crippen LogP contribution in [-0.4, -0.2) is 29.0 Å². The van der Waals surface area contributed by atoms with Gasteiger partial charge in [-0.05, 0) is 12.0 Å². The summed E-state index contributed by atoms with van der Waals surface area (Å²) in [6, 6.07) is 0. The number of azide groups is 1. The first kappa shape index (κ1) is 12.2. The molecule has 0 radical (unpaired) electrons. The van der Waals surface area contributed by atoms with Crippen LogP contribution in [0.25, 0.3) is 10.4 Å². The lowest BCUT2D eigenvalue weighted by molar-refractivity contribution is 0.0190. The fourth-order valence-corrected chi connectivity index (χ4v) is 1.04. The molecular formula is C8H17N3O2. The Labute approximate surface area is 78.0 Å².